The number of hydrogen-bond acceptors (Lipinski definition) is 7. The molecule has 7 nitrogen and oxygen atoms in total. The number of carbonyl (C=O) groups excluding carboxylic acids is 2. The van der Waals surface area contributed by atoms with E-state index in [1.165, 1.54) is 27.2 Å². The Labute approximate surface area is 127 Å². The Morgan fingerprint density at radius 2 is 1.82 bits per heavy atom. The third-order valence-corrected chi connectivity index (χ3v) is 2.76. The maximum atomic E-state index is 11.6. The number of nitrogens with zero attached hydrogens (tertiary/aromatic N) is 1. The lowest BCUT2D eigenvalue weighted by atomic mass is 10.1. The number of hydrogen-bond donors (Lipinski definition) is 0. The van der Waals surface area contributed by atoms with Gasteiger partial charge in [0.25, 0.3) is 0 Å². The Kier molecular flexibility index (Phi) is 4.45. The summed E-state index contributed by atoms with van der Waals surface area (Å²) in [4.78, 5) is 26.7. The van der Waals surface area contributed by atoms with Gasteiger partial charge in [0.15, 0.2) is 23.1 Å². The molecule has 1 aliphatic rings. The highest BCUT2D eigenvalue weighted by atomic mass is 16.6. The average molecular weight is 305 g/mol. The third kappa shape index (κ3) is 3.25. The molecule has 7 heteroatoms. The second-order valence-electron chi connectivity index (χ2n) is 4.40. The van der Waals surface area contributed by atoms with E-state index in [1.807, 2.05) is 0 Å². The van der Waals surface area contributed by atoms with E-state index in [4.69, 9.17) is 18.9 Å². The molecule has 0 saturated carbocycles. The first-order valence-corrected chi connectivity index (χ1v) is 6.38. The lowest BCUT2D eigenvalue weighted by molar-refractivity contribution is -0.132. The van der Waals surface area contributed by atoms with Crippen LogP contribution in [0.25, 0.3) is 6.08 Å². The quantitative estimate of drug-likeness (QED) is 0.480. The van der Waals surface area contributed by atoms with Gasteiger partial charge in [-0.3, -0.25) is 4.79 Å². The standard InChI is InChI=1S/C15H15NO6/c1-8-16-11(15(18)21-8)5-10-6-12(19-3)14(22-9(2)17)13(7-10)20-4/h5-7H,1-4H3. The zero-order valence-electron chi connectivity index (χ0n) is 12.6. The highest BCUT2D eigenvalue weighted by Gasteiger charge is 2.21. The Morgan fingerprint density at radius 3 is 2.23 bits per heavy atom. The van der Waals surface area contributed by atoms with Crippen LogP contribution in [0.2, 0.25) is 0 Å². The van der Waals surface area contributed by atoms with Gasteiger partial charge in [0, 0.05) is 13.8 Å². The number of rotatable bonds is 4. The molecule has 22 heavy (non-hydrogen) atoms. The van der Waals surface area contributed by atoms with Gasteiger partial charge >= 0.3 is 11.9 Å². The minimum absolute atomic E-state index is 0.168. The first-order chi connectivity index (χ1) is 10.4. The molecule has 116 valence electrons. The number of ether oxygens (including phenoxy) is 4. The average Bonchev–Trinajstić information content (AvgIpc) is 2.77. The van der Waals surface area contributed by atoms with E-state index in [0.29, 0.717) is 17.1 Å². The van der Waals surface area contributed by atoms with Crippen molar-refractivity contribution >= 4 is 23.9 Å². The fraction of sp³-hybridized carbons (Fsp3) is 0.267. The summed E-state index contributed by atoms with van der Waals surface area (Å²) in [5.41, 5.74) is 0.761. The van der Waals surface area contributed by atoms with E-state index in [0.717, 1.165) is 0 Å². The maximum Gasteiger partial charge on any atom is 0.363 e. The number of carbonyl (C=O) groups is 2. The topological polar surface area (TPSA) is 83.4 Å². The number of esters is 2. The van der Waals surface area contributed by atoms with Gasteiger partial charge < -0.3 is 18.9 Å². The van der Waals surface area contributed by atoms with Crippen LogP contribution in [0.15, 0.2) is 22.8 Å². The van der Waals surface area contributed by atoms with Gasteiger partial charge in [-0.15, -0.1) is 0 Å². The van der Waals surface area contributed by atoms with Crippen molar-refractivity contribution in [3.8, 4) is 17.2 Å². The van der Waals surface area contributed by atoms with Crippen LogP contribution >= 0.6 is 0 Å². The van der Waals surface area contributed by atoms with Crippen molar-refractivity contribution in [3.63, 3.8) is 0 Å². The van der Waals surface area contributed by atoms with Crippen molar-refractivity contribution in [1.29, 1.82) is 0 Å². The van der Waals surface area contributed by atoms with Crippen molar-refractivity contribution in [2.45, 2.75) is 13.8 Å². The summed E-state index contributed by atoms with van der Waals surface area (Å²) in [7, 11) is 2.87. The zero-order valence-corrected chi connectivity index (χ0v) is 12.6. The normalized spacial score (nSPS) is 15.4. The van der Waals surface area contributed by atoms with Crippen LogP contribution in [0.5, 0.6) is 17.2 Å². The van der Waals surface area contributed by atoms with Crippen LogP contribution in [0.4, 0.5) is 0 Å². The molecule has 1 aromatic rings. The van der Waals surface area contributed by atoms with Gasteiger partial charge in [0.1, 0.15) is 0 Å². The highest BCUT2D eigenvalue weighted by Crippen LogP contribution is 2.39. The summed E-state index contributed by atoms with van der Waals surface area (Å²) in [6, 6.07) is 3.20. The van der Waals surface area contributed by atoms with Crippen LogP contribution in [-0.2, 0) is 14.3 Å². The molecule has 1 heterocycles. The number of methoxy groups -OCH3 is 2. The smallest absolute Gasteiger partial charge is 0.363 e. The molecule has 0 unspecified atom stereocenters. The third-order valence-electron chi connectivity index (χ3n) is 2.76. The Balaban J connectivity index is 2.48. The van der Waals surface area contributed by atoms with Gasteiger partial charge in [-0.1, -0.05) is 0 Å². The minimum atomic E-state index is -0.528. The second-order valence-corrected chi connectivity index (χ2v) is 4.40. The second kappa shape index (κ2) is 6.30. The molecule has 0 aromatic heterocycles. The molecule has 1 aliphatic heterocycles. The van der Waals surface area contributed by atoms with Crippen LogP contribution in [0.1, 0.15) is 19.4 Å². The molecule has 0 bridgehead atoms. The van der Waals surface area contributed by atoms with Crippen LogP contribution < -0.4 is 14.2 Å². The summed E-state index contributed by atoms with van der Waals surface area (Å²) in [5.74, 6) is 0.0313. The van der Waals surface area contributed by atoms with E-state index in [9.17, 15) is 9.59 Å². The van der Waals surface area contributed by atoms with E-state index in [2.05, 4.69) is 4.99 Å². The Morgan fingerprint density at radius 1 is 1.23 bits per heavy atom. The molecule has 1 aromatic carbocycles. The van der Waals surface area contributed by atoms with Gasteiger partial charge in [-0.05, 0) is 23.8 Å². The minimum Gasteiger partial charge on any atom is -0.493 e. The van der Waals surface area contributed by atoms with Crippen molar-refractivity contribution in [3.05, 3.63) is 23.4 Å². The molecule has 0 aliphatic carbocycles. The lowest BCUT2D eigenvalue weighted by Crippen LogP contribution is -2.05. The monoisotopic (exact) mass is 305 g/mol. The lowest BCUT2D eigenvalue weighted by Gasteiger charge is -2.13. The van der Waals surface area contributed by atoms with Crippen molar-refractivity contribution in [1.82, 2.24) is 0 Å². The van der Waals surface area contributed by atoms with Gasteiger partial charge in [-0.25, -0.2) is 9.79 Å². The molecule has 2 rings (SSSR count). The SMILES string of the molecule is COc1cc(C=C2N=C(C)OC2=O)cc(OC)c1OC(C)=O. The summed E-state index contributed by atoms with van der Waals surface area (Å²) in [5, 5.41) is 0. The molecule has 0 atom stereocenters. The molecule has 0 fully saturated rings. The molecular weight excluding hydrogens is 290 g/mol. The maximum absolute atomic E-state index is 11.6. The van der Waals surface area contributed by atoms with Crippen LogP contribution in [-0.4, -0.2) is 32.1 Å². The summed E-state index contributed by atoms with van der Waals surface area (Å²) in [6.45, 7) is 2.87. The molecule has 0 radical (unpaired) electrons. The van der Waals surface area contributed by atoms with Crippen molar-refractivity contribution in [2.75, 3.05) is 14.2 Å². The summed E-state index contributed by atoms with van der Waals surface area (Å²) in [6.07, 6.45) is 1.53. The fourth-order valence-corrected chi connectivity index (χ4v) is 1.90. The van der Waals surface area contributed by atoms with Crippen molar-refractivity contribution in [2.24, 2.45) is 4.99 Å². The number of cyclic esters (lactones) is 1. The van der Waals surface area contributed by atoms with Gasteiger partial charge in [0.2, 0.25) is 5.75 Å². The molecule has 0 amide bonds. The Bertz CT molecular complexity index is 664. The number of benzene rings is 1. The molecule has 0 N–H and O–H groups in total. The van der Waals surface area contributed by atoms with Crippen LogP contribution in [0, 0.1) is 0 Å². The van der Waals surface area contributed by atoms with E-state index in [1.54, 1.807) is 19.1 Å². The first-order valence-electron chi connectivity index (χ1n) is 6.38. The van der Waals surface area contributed by atoms with E-state index in [-0.39, 0.29) is 17.3 Å². The molecular formula is C15H15NO6. The van der Waals surface area contributed by atoms with Gasteiger partial charge in [-0.2, -0.15) is 0 Å². The summed E-state index contributed by atoms with van der Waals surface area (Å²) >= 11 is 0. The zero-order chi connectivity index (χ0) is 16.3. The van der Waals surface area contributed by atoms with E-state index < -0.39 is 11.9 Å². The largest absolute Gasteiger partial charge is 0.493 e. The summed E-state index contributed by atoms with van der Waals surface area (Å²) < 4.78 is 20.3. The predicted molar refractivity (Wildman–Crippen MR) is 78.0 cm³/mol. The highest BCUT2D eigenvalue weighted by molar-refractivity contribution is 6.06. The fourth-order valence-electron chi connectivity index (χ4n) is 1.90. The van der Waals surface area contributed by atoms with Crippen molar-refractivity contribution < 1.29 is 28.5 Å². The first kappa shape index (κ1) is 15.6. The number of aliphatic imine (C=N–C) groups is 1. The van der Waals surface area contributed by atoms with E-state index >= 15 is 0 Å². The predicted octanol–water partition coefficient (Wildman–Crippen LogP) is 1.95. The molecule has 0 saturated heterocycles. The van der Waals surface area contributed by atoms with Gasteiger partial charge in [0.05, 0.1) is 14.2 Å². The van der Waals surface area contributed by atoms with Crippen LogP contribution in [0.3, 0.4) is 0 Å². The molecule has 0 spiro atoms. The Hall–Kier alpha value is -2.83.